The van der Waals surface area contributed by atoms with E-state index in [-0.39, 0.29) is 52.9 Å². The predicted octanol–water partition coefficient (Wildman–Crippen LogP) is 6.33. The molecule has 0 spiro atoms. The number of aromatic carboxylic acids is 6. The number of aromatic hydroxyl groups is 2. The molecule has 2 heterocycles. The van der Waals surface area contributed by atoms with Crippen molar-refractivity contribution in [3.05, 3.63) is 148 Å². The predicted molar refractivity (Wildman–Crippen MR) is 258 cm³/mol. The average Bonchev–Trinajstić information content (AvgIpc) is 3.36. The number of nitriles is 1. The molecule has 5 aromatic rings. The molecular formula is C48H38N10O18. The molecule has 2 aromatic heterocycles. The maximum absolute atomic E-state index is 13.8. The number of unbranched alkanes of at least 4 members (excludes halogenated alkanes) is 3. The summed E-state index contributed by atoms with van der Waals surface area (Å²) in [6.45, 7) is 13.2. The summed E-state index contributed by atoms with van der Waals surface area (Å²) >= 11 is 0. The van der Waals surface area contributed by atoms with Crippen LogP contribution in [0.15, 0.2) is 85.2 Å². The third kappa shape index (κ3) is 11.8. The van der Waals surface area contributed by atoms with E-state index in [0.29, 0.717) is 25.0 Å². The summed E-state index contributed by atoms with van der Waals surface area (Å²) in [7, 11) is 0. The molecule has 0 bridgehead atoms. The summed E-state index contributed by atoms with van der Waals surface area (Å²) in [6.07, 6.45) is 1.01. The van der Waals surface area contributed by atoms with Gasteiger partial charge in [-0.05, 0) is 80.8 Å². The van der Waals surface area contributed by atoms with Gasteiger partial charge < -0.3 is 51.5 Å². The van der Waals surface area contributed by atoms with Gasteiger partial charge in [-0.25, -0.2) is 38.2 Å². The number of nitrogens with one attached hydrogen (secondary N) is 2. The van der Waals surface area contributed by atoms with Gasteiger partial charge in [0.15, 0.2) is 5.69 Å². The molecule has 28 heteroatoms. The van der Waals surface area contributed by atoms with E-state index in [0.717, 1.165) is 47.9 Å². The zero-order chi connectivity index (χ0) is 56.5. The molecule has 0 saturated carbocycles. The maximum Gasteiger partial charge on any atom is 0.337 e. The summed E-state index contributed by atoms with van der Waals surface area (Å²) in [5.41, 5.74) is -10.8. The molecule has 0 unspecified atom stereocenters. The summed E-state index contributed by atoms with van der Waals surface area (Å²) in [5, 5.41) is 109. The second kappa shape index (κ2) is 23.4. The standard InChI is InChI=1S/C48H38N10O18/c1-20-31(19-49)39(61)57(40(62)35(20)55-53-32-15-23(43(65)66)9-11-25(32)45(69)70)14-8-6-5-7-13-51-37(59)27-17-28(30(48(75)76)18-29(27)47(73)74)38(60)52-22(3)58-41(63)34(50-4)21(2)36(42(58)64)56-54-33-16-24(44(67)68)10-12-26(33)46(71)72/h9-12,15-18,62,64H,3,5-8,13-14H2,1-2H3,(H,51,59)(H,52,60)(H,65,66)(H,67,68)(H,69,70)(H,71,72)(H,73,74)(H,75,76). The van der Waals surface area contributed by atoms with Crippen molar-refractivity contribution in [3.8, 4) is 17.8 Å². The Morgan fingerprint density at radius 3 is 1.57 bits per heavy atom. The van der Waals surface area contributed by atoms with Gasteiger partial charge in [-0.3, -0.25) is 23.7 Å². The van der Waals surface area contributed by atoms with Crippen LogP contribution in [0.1, 0.15) is 125 Å². The van der Waals surface area contributed by atoms with Crippen LogP contribution in [0, 0.1) is 31.8 Å². The number of benzene rings is 3. The smallest absolute Gasteiger partial charge is 0.337 e. The number of carboxylic acid groups (broad SMARTS) is 6. The minimum atomic E-state index is -1.85. The second-order valence-electron chi connectivity index (χ2n) is 15.8. The van der Waals surface area contributed by atoms with Crippen molar-refractivity contribution in [1.29, 1.82) is 5.26 Å². The van der Waals surface area contributed by atoms with E-state index < -0.39 is 144 Å². The molecule has 0 aliphatic rings. The number of carboxylic acids is 6. The van der Waals surface area contributed by atoms with Crippen molar-refractivity contribution in [2.45, 2.75) is 46.1 Å². The summed E-state index contributed by atoms with van der Waals surface area (Å²) in [4.78, 5) is 128. The van der Waals surface area contributed by atoms with Gasteiger partial charge in [0.25, 0.3) is 28.6 Å². The first kappa shape index (κ1) is 55.8. The first-order valence-electron chi connectivity index (χ1n) is 21.6. The zero-order valence-electron chi connectivity index (χ0n) is 39.3. The number of carbonyl (C=O) groups is 8. The number of aromatic nitrogens is 2. The van der Waals surface area contributed by atoms with Gasteiger partial charge in [-0.2, -0.15) is 5.26 Å². The summed E-state index contributed by atoms with van der Waals surface area (Å²) < 4.78 is 1.08. The van der Waals surface area contributed by atoms with Gasteiger partial charge in [0.2, 0.25) is 11.8 Å². The molecule has 76 heavy (non-hydrogen) atoms. The number of azo groups is 2. The highest BCUT2D eigenvalue weighted by molar-refractivity contribution is 6.12. The van der Waals surface area contributed by atoms with Crippen molar-refractivity contribution in [3.63, 3.8) is 0 Å². The first-order valence-corrected chi connectivity index (χ1v) is 21.6. The Balaban J connectivity index is 1.33. The van der Waals surface area contributed by atoms with Crippen LogP contribution in [0.4, 0.5) is 28.4 Å². The van der Waals surface area contributed by atoms with Crippen LogP contribution in [-0.2, 0) is 6.54 Å². The van der Waals surface area contributed by atoms with Gasteiger partial charge in [0.05, 0.1) is 51.1 Å². The van der Waals surface area contributed by atoms with Crippen LogP contribution in [0.5, 0.6) is 11.8 Å². The van der Waals surface area contributed by atoms with Gasteiger partial charge in [0.1, 0.15) is 34.5 Å². The Kier molecular flexibility index (Phi) is 17.2. The molecule has 0 fully saturated rings. The highest BCUT2D eigenvalue weighted by atomic mass is 16.4. The van der Waals surface area contributed by atoms with Crippen LogP contribution in [-0.4, -0.2) is 104 Å². The fourth-order valence-corrected chi connectivity index (χ4v) is 7.21. The molecule has 10 N–H and O–H groups in total. The van der Waals surface area contributed by atoms with Crippen molar-refractivity contribution in [1.82, 2.24) is 19.8 Å². The van der Waals surface area contributed by atoms with Crippen molar-refractivity contribution in [2.75, 3.05) is 6.54 Å². The van der Waals surface area contributed by atoms with Gasteiger partial charge >= 0.3 is 35.8 Å². The Bertz CT molecular complexity index is 3650. The Morgan fingerprint density at radius 1 is 0.618 bits per heavy atom. The maximum atomic E-state index is 13.8. The van der Waals surface area contributed by atoms with E-state index in [2.05, 4.69) is 42.5 Å². The third-order valence-corrected chi connectivity index (χ3v) is 11.1. The van der Waals surface area contributed by atoms with Crippen LogP contribution in [0.25, 0.3) is 10.7 Å². The van der Waals surface area contributed by atoms with E-state index in [1.54, 1.807) is 6.07 Å². The van der Waals surface area contributed by atoms with Gasteiger partial charge in [-0.15, -0.1) is 20.5 Å². The largest absolute Gasteiger partial charge is 0.493 e. The monoisotopic (exact) mass is 1040 g/mol. The highest BCUT2D eigenvalue weighted by Crippen LogP contribution is 2.37. The van der Waals surface area contributed by atoms with Gasteiger partial charge in [-0.1, -0.05) is 19.4 Å². The molecule has 3 aromatic carbocycles. The molecule has 0 saturated heterocycles. The molecule has 2 amide bonds. The van der Waals surface area contributed by atoms with Crippen molar-refractivity contribution < 1.29 is 79.2 Å². The van der Waals surface area contributed by atoms with Crippen molar-refractivity contribution in [2.24, 2.45) is 20.5 Å². The molecular weight excluding hydrogens is 1000 g/mol. The lowest BCUT2D eigenvalue weighted by Crippen LogP contribution is -2.32. The van der Waals surface area contributed by atoms with E-state index in [4.69, 9.17) is 6.57 Å². The molecule has 0 atom stereocenters. The quantitative estimate of drug-likeness (QED) is 0.0218. The van der Waals surface area contributed by atoms with Crippen LogP contribution in [0.2, 0.25) is 0 Å². The molecule has 0 radical (unpaired) electrons. The Morgan fingerprint density at radius 2 is 1.09 bits per heavy atom. The zero-order valence-corrected chi connectivity index (χ0v) is 39.3. The van der Waals surface area contributed by atoms with Crippen LogP contribution < -0.4 is 21.8 Å². The minimum Gasteiger partial charge on any atom is -0.493 e. The molecule has 0 aliphatic heterocycles. The van der Waals surface area contributed by atoms with E-state index in [1.807, 2.05) is 0 Å². The lowest BCUT2D eigenvalue weighted by molar-refractivity contribution is 0.0676. The van der Waals surface area contributed by atoms with E-state index >= 15 is 0 Å². The third-order valence-electron chi connectivity index (χ3n) is 11.1. The van der Waals surface area contributed by atoms with E-state index in [1.165, 1.54) is 6.92 Å². The Hall–Kier alpha value is -11.2. The lowest BCUT2D eigenvalue weighted by atomic mass is 9.97. The fraction of sp³-hybridized carbons (Fsp3) is 0.167. The van der Waals surface area contributed by atoms with Gasteiger partial charge in [0, 0.05) is 18.7 Å². The number of amides is 2. The van der Waals surface area contributed by atoms with E-state index in [9.17, 15) is 94.1 Å². The number of hydrogen-bond donors (Lipinski definition) is 10. The number of hydrogen-bond acceptors (Lipinski definition) is 17. The molecule has 388 valence electrons. The SMILES string of the molecule is [C-]#[N+]c1c(C)c(N=Nc2cc(C(=O)O)ccc2C(=O)O)c(O)n(C(=C)NC(=O)c2cc(C(=O)NCCCCCCn3c(O)c(N=Nc4cc(C(=O)O)ccc4C(=O)O)c(C)c(C#N)c3=O)c(C(=O)O)cc2C(=O)O)c1=O. The molecule has 0 aliphatic carbocycles. The lowest BCUT2D eigenvalue weighted by Gasteiger charge is -2.17. The number of rotatable bonds is 21. The molecule has 5 rings (SSSR count). The number of pyridine rings is 2. The Labute approximate surface area is 424 Å². The molecule has 28 nitrogen and oxygen atoms in total. The summed E-state index contributed by atoms with van der Waals surface area (Å²) in [6, 6.07) is 8.54. The van der Waals surface area contributed by atoms with Crippen molar-refractivity contribution >= 4 is 81.9 Å². The number of carbonyl (C=O) groups excluding carboxylic acids is 2. The van der Waals surface area contributed by atoms with Crippen LogP contribution in [0.3, 0.4) is 0 Å². The highest BCUT2D eigenvalue weighted by Gasteiger charge is 2.28. The van der Waals surface area contributed by atoms with Crippen LogP contribution >= 0.6 is 0 Å². The first-order chi connectivity index (χ1) is 35.9. The number of nitrogens with zero attached hydrogens (tertiary/aromatic N) is 8. The fourth-order valence-electron chi connectivity index (χ4n) is 7.21. The minimum absolute atomic E-state index is 0.106. The summed E-state index contributed by atoms with van der Waals surface area (Å²) in [5.74, 6) is -14.8. The normalized spacial score (nSPS) is 10.9. The second-order valence-corrected chi connectivity index (χ2v) is 15.8. The average molecular weight is 1040 g/mol. The topological polar surface area (TPSA) is 444 Å².